The molecule has 0 radical (unpaired) electrons. The van der Waals surface area contributed by atoms with Crippen molar-refractivity contribution in [2.45, 2.75) is 31.2 Å². The highest BCUT2D eigenvalue weighted by Gasteiger charge is 2.32. The fraction of sp³-hybridized carbons (Fsp3) is 0.875. The van der Waals surface area contributed by atoms with Crippen LogP contribution in [0.3, 0.4) is 0 Å². The van der Waals surface area contributed by atoms with Crippen molar-refractivity contribution in [2.24, 2.45) is 5.73 Å². The Labute approximate surface area is 83.2 Å². The number of aliphatic carboxylic acids is 1. The maximum atomic E-state index is 11.2. The highest BCUT2D eigenvalue weighted by Crippen LogP contribution is 2.24. The summed E-state index contributed by atoms with van der Waals surface area (Å²) in [5.41, 5.74) is 5.00. The molecule has 1 aliphatic heterocycles. The van der Waals surface area contributed by atoms with E-state index >= 15 is 0 Å². The van der Waals surface area contributed by atoms with Gasteiger partial charge in [0.25, 0.3) is 0 Å². The van der Waals surface area contributed by atoms with Crippen LogP contribution in [0.2, 0.25) is 0 Å². The largest absolute Gasteiger partial charge is 0.481 e. The molecule has 0 aromatic carbocycles. The standard InChI is InChI=1S/C8H15NO4S/c9-8(6-7(10)11)2-1-4-14(12,13)5-3-8/h1-6,9H2,(H,10,11). The number of rotatable bonds is 2. The summed E-state index contributed by atoms with van der Waals surface area (Å²) in [4.78, 5) is 10.5. The Balaban J connectivity index is 2.69. The van der Waals surface area contributed by atoms with Crippen molar-refractivity contribution >= 4 is 15.8 Å². The van der Waals surface area contributed by atoms with E-state index in [-0.39, 0.29) is 24.3 Å². The summed E-state index contributed by atoms with van der Waals surface area (Å²) in [6.07, 6.45) is 1.04. The van der Waals surface area contributed by atoms with Crippen LogP contribution < -0.4 is 5.73 Å². The molecule has 1 fully saturated rings. The zero-order valence-corrected chi connectivity index (χ0v) is 8.72. The maximum absolute atomic E-state index is 11.2. The third-order valence-electron chi connectivity index (χ3n) is 2.54. The third-order valence-corrected chi connectivity index (χ3v) is 4.28. The second-order valence-corrected chi connectivity index (χ2v) is 6.24. The van der Waals surface area contributed by atoms with Gasteiger partial charge in [-0.3, -0.25) is 4.79 Å². The first-order valence-corrected chi connectivity index (χ1v) is 6.36. The third kappa shape index (κ3) is 3.26. The van der Waals surface area contributed by atoms with Crippen molar-refractivity contribution in [3.8, 4) is 0 Å². The normalized spacial score (nSPS) is 32.1. The van der Waals surface area contributed by atoms with E-state index in [1.807, 2.05) is 0 Å². The van der Waals surface area contributed by atoms with Crippen LogP contribution in [0.5, 0.6) is 0 Å². The highest BCUT2D eigenvalue weighted by molar-refractivity contribution is 7.91. The molecule has 0 aliphatic carbocycles. The van der Waals surface area contributed by atoms with E-state index in [0.717, 1.165) is 0 Å². The van der Waals surface area contributed by atoms with Crippen LogP contribution in [0, 0.1) is 0 Å². The van der Waals surface area contributed by atoms with E-state index in [1.54, 1.807) is 0 Å². The van der Waals surface area contributed by atoms with Gasteiger partial charge >= 0.3 is 5.97 Å². The van der Waals surface area contributed by atoms with Crippen molar-refractivity contribution in [3.63, 3.8) is 0 Å². The number of carbonyl (C=O) groups is 1. The Morgan fingerprint density at radius 2 is 2.00 bits per heavy atom. The average Bonchev–Trinajstić information content (AvgIpc) is 2.10. The molecule has 6 heteroatoms. The number of nitrogens with two attached hydrogens (primary N) is 1. The SMILES string of the molecule is NC1(CC(=O)O)CCCS(=O)(=O)CC1. The van der Waals surface area contributed by atoms with Crippen molar-refractivity contribution in [1.29, 1.82) is 0 Å². The van der Waals surface area contributed by atoms with E-state index in [1.165, 1.54) is 0 Å². The van der Waals surface area contributed by atoms with Gasteiger partial charge in [-0.15, -0.1) is 0 Å². The van der Waals surface area contributed by atoms with Gasteiger partial charge in [-0.25, -0.2) is 8.42 Å². The van der Waals surface area contributed by atoms with Crippen LogP contribution >= 0.6 is 0 Å². The van der Waals surface area contributed by atoms with Crippen LogP contribution in [-0.2, 0) is 14.6 Å². The van der Waals surface area contributed by atoms with Crippen LogP contribution in [-0.4, -0.2) is 36.5 Å². The Bertz CT molecular complexity index is 324. The molecule has 0 saturated carbocycles. The Kier molecular flexibility index (Phi) is 3.16. The van der Waals surface area contributed by atoms with E-state index < -0.39 is 21.3 Å². The summed E-state index contributed by atoms with van der Waals surface area (Å²) >= 11 is 0. The molecule has 0 bridgehead atoms. The lowest BCUT2D eigenvalue weighted by molar-refractivity contribution is -0.138. The van der Waals surface area contributed by atoms with Crippen LogP contribution in [0.25, 0.3) is 0 Å². The van der Waals surface area contributed by atoms with Crippen molar-refractivity contribution in [1.82, 2.24) is 0 Å². The smallest absolute Gasteiger partial charge is 0.305 e. The fourth-order valence-corrected chi connectivity index (χ4v) is 3.21. The van der Waals surface area contributed by atoms with Gasteiger partial charge < -0.3 is 10.8 Å². The van der Waals surface area contributed by atoms with E-state index in [2.05, 4.69) is 0 Å². The van der Waals surface area contributed by atoms with Crippen molar-refractivity contribution < 1.29 is 18.3 Å². The van der Waals surface area contributed by atoms with Crippen LogP contribution in [0.4, 0.5) is 0 Å². The molecule has 0 spiro atoms. The molecule has 0 aromatic rings. The predicted octanol–water partition coefficient (Wildman–Crippen LogP) is -0.243. The van der Waals surface area contributed by atoms with E-state index in [0.29, 0.717) is 12.8 Å². The number of sulfone groups is 1. The summed E-state index contributed by atoms with van der Waals surface area (Å²) < 4.78 is 22.5. The summed E-state index contributed by atoms with van der Waals surface area (Å²) in [5.74, 6) is -0.825. The minimum atomic E-state index is -3.00. The first-order chi connectivity index (χ1) is 6.33. The Morgan fingerprint density at radius 3 is 2.57 bits per heavy atom. The van der Waals surface area contributed by atoms with Gasteiger partial charge in [0.05, 0.1) is 17.9 Å². The summed E-state index contributed by atoms with van der Waals surface area (Å²) in [6, 6.07) is 0. The van der Waals surface area contributed by atoms with Gasteiger partial charge in [-0.2, -0.15) is 0 Å². The zero-order chi connectivity index (χ0) is 10.8. The van der Waals surface area contributed by atoms with Gasteiger partial charge in [-0.1, -0.05) is 0 Å². The molecule has 14 heavy (non-hydrogen) atoms. The first-order valence-electron chi connectivity index (χ1n) is 4.54. The lowest BCUT2D eigenvalue weighted by Crippen LogP contribution is -2.42. The number of hydrogen-bond donors (Lipinski definition) is 2. The Hall–Kier alpha value is -0.620. The molecule has 1 aliphatic rings. The zero-order valence-electron chi connectivity index (χ0n) is 7.90. The molecule has 1 saturated heterocycles. The van der Waals surface area contributed by atoms with Crippen molar-refractivity contribution in [3.05, 3.63) is 0 Å². The van der Waals surface area contributed by atoms with Gasteiger partial charge in [0, 0.05) is 5.54 Å². The highest BCUT2D eigenvalue weighted by atomic mass is 32.2. The predicted molar refractivity (Wildman–Crippen MR) is 51.7 cm³/mol. The van der Waals surface area contributed by atoms with Gasteiger partial charge in [0.1, 0.15) is 9.84 Å². The molecule has 5 nitrogen and oxygen atoms in total. The monoisotopic (exact) mass is 221 g/mol. The van der Waals surface area contributed by atoms with Gasteiger partial charge in [0.2, 0.25) is 0 Å². The summed E-state index contributed by atoms with van der Waals surface area (Å²) in [5, 5.41) is 8.62. The van der Waals surface area contributed by atoms with Gasteiger partial charge in [0.15, 0.2) is 0 Å². The fourth-order valence-electron chi connectivity index (χ4n) is 1.71. The molecular formula is C8H15NO4S. The first kappa shape index (κ1) is 11.5. The molecule has 1 unspecified atom stereocenters. The second-order valence-electron chi connectivity index (χ2n) is 3.94. The lowest BCUT2D eigenvalue weighted by Gasteiger charge is -2.25. The quantitative estimate of drug-likeness (QED) is 0.670. The topological polar surface area (TPSA) is 97.5 Å². The minimum absolute atomic E-state index is 0.0107. The van der Waals surface area contributed by atoms with Gasteiger partial charge in [-0.05, 0) is 19.3 Å². The maximum Gasteiger partial charge on any atom is 0.305 e. The molecule has 1 heterocycles. The molecule has 0 aromatic heterocycles. The van der Waals surface area contributed by atoms with Crippen LogP contribution in [0.1, 0.15) is 25.7 Å². The molecule has 3 N–H and O–H groups in total. The molecular weight excluding hydrogens is 206 g/mol. The van der Waals surface area contributed by atoms with E-state index in [4.69, 9.17) is 10.8 Å². The average molecular weight is 221 g/mol. The number of hydrogen-bond acceptors (Lipinski definition) is 4. The summed E-state index contributed by atoms with van der Waals surface area (Å²) in [7, 11) is -3.00. The van der Waals surface area contributed by atoms with E-state index in [9.17, 15) is 13.2 Å². The van der Waals surface area contributed by atoms with Crippen LogP contribution in [0.15, 0.2) is 0 Å². The number of carboxylic acids is 1. The van der Waals surface area contributed by atoms with Crippen molar-refractivity contribution in [2.75, 3.05) is 11.5 Å². The molecule has 0 amide bonds. The molecule has 1 atom stereocenters. The molecule has 1 rings (SSSR count). The second kappa shape index (κ2) is 3.86. The Morgan fingerprint density at radius 1 is 1.36 bits per heavy atom. The molecule has 82 valence electrons. The minimum Gasteiger partial charge on any atom is -0.481 e. The summed E-state index contributed by atoms with van der Waals surface area (Å²) in [6.45, 7) is 0. The number of carboxylic acid groups (broad SMARTS) is 1. The lowest BCUT2D eigenvalue weighted by atomic mass is 9.88.